The van der Waals surface area contributed by atoms with Crippen LogP contribution in [0.2, 0.25) is 0 Å². The molecule has 1 rings (SSSR count). The molecule has 5 heteroatoms. The largest absolute Gasteiger partial charge is 0.480 e. The first-order valence-corrected chi connectivity index (χ1v) is 6.26. The minimum atomic E-state index is -0.755. The van der Waals surface area contributed by atoms with Crippen LogP contribution < -0.4 is 0 Å². The van der Waals surface area contributed by atoms with E-state index in [0.29, 0.717) is 0 Å². The summed E-state index contributed by atoms with van der Waals surface area (Å²) in [5, 5.41) is 18.4. The first kappa shape index (κ1) is 14.4. The average molecular weight is 244 g/mol. The lowest BCUT2D eigenvalue weighted by atomic mass is 10.1. The van der Waals surface area contributed by atoms with E-state index >= 15 is 0 Å². The van der Waals surface area contributed by atoms with Gasteiger partial charge in [-0.25, -0.2) is 0 Å². The third-order valence-electron chi connectivity index (χ3n) is 3.08. The summed E-state index contributed by atoms with van der Waals surface area (Å²) < 4.78 is 0. The third-order valence-corrected chi connectivity index (χ3v) is 3.08. The first-order chi connectivity index (χ1) is 7.87. The van der Waals surface area contributed by atoms with Crippen LogP contribution in [-0.2, 0) is 4.79 Å². The summed E-state index contributed by atoms with van der Waals surface area (Å²) in [5.74, 6) is -0.755. The van der Waals surface area contributed by atoms with Gasteiger partial charge in [-0.3, -0.25) is 9.69 Å². The molecule has 0 atom stereocenters. The highest BCUT2D eigenvalue weighted by Gasteiger charge is 2.19. The lowest BCUT2D eigenvalue weighted by Gasteiger charge is -2.24. The zero-order valence-corrected chi connectivity index (χ0v) is 10.9. The maximum Gasteiger partial charge on any atom is 0.317 e. The molecular weight excluding hydrogens is 220 g/mol. The molecule has 0 saturated carbocycles. The van der Waals surface area contributed by atoms with Crippen LogP contribution in [0, 0.1) is 0 Å². The highest BCUT2D eigenvalue weighted by atomic mass is 16.4. The molecule has 0 radical (unpaired) electrons. The summed E-state index contributed by atoms with van der Waals surface area (Å²) >= 11 is 0. The number of hydrogen-bond acceptors (Lipinski definition) is 4. The predicted octanol–water partition coefficient (Wildman–Crippen LogP) is 0.240. The van der Waals surface area contributed by atoms with Gasteiger partial charge in [0.1, 0.15) is 0 Å². The Kier molecular flexibility index (Phi) is 5.36. The summed E-state index contributed by atoms with van der Waals surface area (Å²) in [6, 6.07) is 0. The van der Waals surface area contributed by atoms with Gasteiger partial charge in [0.25, 0.3) is 0 Å². The Morgan fingerprint density at radius 1 is 1.18 bits per heavy atom. The van der Waals surface area contributed by atoms with Crippen LogP contribution >= 0.6 is 0 Å². The van der Waals surface area contributed by atoms with Crippen molar-refractivity contribution >= 4 is 5.97 Å². The van der Waals surface area contributed by atoms with E-state index in [1.54, 1.807) is 0 Å². The van der Waals surface area contributed by atoms with Crippen LogP contribution in [0.15, 0.2) is 0 Å². The number of carboxylic acids is 1. The van der Waals surface area contributed by atoms with Crippen molar-refractivity contribution in [2.75, 3.05) is 39.3 Å². The number of aliphatic hydroxyl groups is 1. The highest BCUT2D eigenvalue weighted by Crippen LogP contribution is 2.10. The quantitative estimate of drug-likeness (QED) is 0.725. The van der Waals surface area contributed by atoms with E-state index in [9.17, 15) is 9.90 Å². The van der Waals surface area contributed by atoms with Gasteiger partial charge in [-0.05, 0) is 33.2 Å². The molecule has 0 spiro atoms. The van der Waals surface area contributed by atoms with Crippen molar-refractivity contribution in [1.82, 2.24) is 9.80 Å². The maximum atomic E-state index is 10.6. The monoisotopic (exact) mass is 244 g/mol. The van der Waals surface area contributed by atoms with Crippen LogP contribution in [0.4, 0.5) is 0 Å². The van der Waals surface area contributed by atoms with Crippen molar-refractivity contribution in [3.63, 3.8) is 0 Å². The second-order valence-corrected chi connectivity index (χ2v) is 5.43. The molecule has 5 nitrogen and oxygen atoms in total. The van der Waals surface area contributed by atoms with Crippen LogP contribution in [0.25, 0.3) is 0 Å². The zero-order valence-electron chi connectivity index (χ0n) is 10.9. The van der Waals surface area contributed by atoms with Crippen LogP contribution in [0.3, 0.4) is 0 Å². The normalized spacial score (nSPS) is 20.2. The van der Waals surface area contributed by atoms with Crippen molar-refractivity contribution in [2.24, 2.45) is 0 Å². The van der Waals surface area contributed by atoms with Crippen molar-refractivity contribution in [3.05, 3.63) is 0 Å². The standard InChI is InChI=1S/C12H24N2O3/c1-12(2,17)4-7-13-5-3-6-14(9-8-13)10-11(15)16/h17H,3-10H2,1-2H3,(H,15,16). The van der Waals surface area contributed by atoms with Crippen LogP contribution in [0.5, 0.6) is 0 Å². The Morgan fingerprint density at radius 2 is 1.76 bits per heavy atom. The summed E-state index contributed by atoms with van der Waals surface area (Å²) in [7, 11) is 0. The van der Waals surface area contributed by atoms with E-state index in [0.717, 1.165) is 45.6 Å². The zero-order chi connectivity index (χ0) is 12.9. The second-order valence-electron chi connectivity index (χ2n) is 5.43. The Balaban J connectivity index is 2.30. The minimum Gasteiger partial charge on any atom is -0.480 e. The molecule has 0 aliphatic carbocycles. The van der Waals surface area contributed by atoms with Crippen molar-refractivity contribution < 1.29 is 15.0 Å². The van der Waals surface area contributed by atoms with Gasteiger partial charge in [-0.1, -0.05) is 0 Å². The highest BCUT2D eigenvalue weighted by molar-refractivity contribution is 5.69. The molecule has 0 aromatic rings. The molecule has 2 N–H and O–H groups in total. The van der Waals surface area contributed by atoms with Crippen molar-refractivity contribution in [2.45, 2.75) is 32.3 Å². The van der Waals surface area contributed by atoms with Gasteiger partial charge in [0.2, 0.25) is 0 Å². The first-order valence-electron chi connectivity index (χ1n) is 6.26. The Morgan fingerprint density at radius 3 is 2.35 bits per heavy atom. The summed E-state index contributed by atoms with van der Waals surface area (Å²) in [6.45, 7) is 8.20. The summed E-state index contributed by atoms with van der Waals surface area (Å²) in [5.41, 5.74) is -0.618. The molecule has 1 fully saturated rings. The lowest BCUT2D eigenvalue weighted by Crippen LogP contribution is -2.36. The van der Waals surface area contributed by atoms with Gasteiger partial charge in [0, 0.05) is 26.2 Å². The van der Waals surface area contributed by atoms with E-state index in [1.807, 2.05) is 18.7 Å². The van der Waals surface area contributed by atoms with Gasteiger partial charge < -0.3 is 15.1 Å². The topological polar surface area (TPSA) is 64.0 Å². The Labute approximate surface area is 103 Å². The van der Waals surface area contributed by atoms with Crippen LogP contribution in [0.1, 0.15) is 26.7 Å². The molecule has 0 amide bonds. The smallest absolute Gasteiger partial charge is 0.317 e. The molecule has 1 heterocycles. The molecule has 100 valence electrons. The Hall–Kier alpha value is -0.650. The number of rotatable bonds is 5. The number of nitrogens with zero attached hydrogens (tertiary/aromatic N) is 2. The van der Waals surface area contributed by atoms with Gasteiger partial charge in [0.15, 0.2) is 0 Å². The number of carboxylic acid groups (broad SMARTS) is 1. The van der Waals surface area contributed by atoms with Gasteiger partial charge >= 0.3 is 5.97 Å². The fraction of sp³-hybridized carbons (Fsp3) is 0.917. The van der Waals surface area contributed by atoms with E-state index < -0.39 is 11.6 Å². The van der Waals surface area contributed by atoms with Crippen molar-refractivity contribution in [3.8, 4) is 0 Å². The van der Waals surface area contributed by atoms with Crippen LogP contribution in [-0.4, -0.2) is 70.9 Å². The van der Waals surface area contributed by atoms with E-state index in [1.165, 1.54) is 0 Å². The fourth-order valence-corrected chi connectivity index (χ4v) is 2.03. The summed E-state index contributed by atoms with van der Waals surface area (Å²) in [6.07, 6.45) is 1.76. The molecule has 0 aromatic heterocycles. The molecule has 1 aliphatic heterocycles. The SMILES string of the molecule is CC(C)(O)CCN1CCCN(CC(=O)O)CC1. The van der Waals surface area contributed by atoms with Gasteiger partial charge in [-0.15, -0.1) is 0 Å². The molecule has 1 saturated heterocycles. The van der Waals surface area contributed by atoms with Gasteiger partial charge in [-0.2, -0.15) is 0 Å². The van der Waals surface area contributed by atoms with E-state index in [2.05, 4.69) is 4.90 Å². The molecule has 0 bridgehead atoms. The molecule has 17 heavy (non-hydrogen) atoms. The lowest BCUT2D eigenvalue weighted by molar-refractivity contribution is -0.138. The van der Waals surface area contributed by atoms with E-state index in [4.69, 9.17) is 5.11 Å². The maximum absolute atomic E-state index is 10.6. The molecular formula is C12H24N2O3. The number of hydrogen-bond donors (Lipinski definition) is 2. The fourth-order valence-electron chi connectivity index (χ4n) is 2.03. The number of aliphatic carboxylic acids is 1. The summed E-state index contributed by atoms with van der Waals surface area (Å²) in [4.78, 5) is 14.9. The second kappa shape index (κ2) is 6.33. The number of carbonyl (C=O) groups is 1. The molecule has 1 aliphatic rings. The van der Waals surface area contributed by atoms with E-state index in [-0.39, 0.29) is 6.54 Å². The third kappa shape index (κ3) is 6.61. The van der Waals surface area contributed by atoms with Gasteiger partial charge in [0.05, 0.1) is 12.1 Å². The molecule has 0 aromatic carbocycles. The Bertz CT molecular complexity index is 251. The minimum absolute atomic E-state index is 0.138. The van der Waals surface area contributed by atoms with Crippen molar-refractivity contribution in [1.29, 1.82) is 0 Å². The average Bonchev–Trinajstić information content (AvgIpc) is 2.38. The molecule has 0 unspecified atom stereocenters. The predicted molar refractivity (Wildman–Crippen MR) is 66.0 cm³/mol.